The minimum atomic E-state index is -1.77. The molecule has 15 nitrogen and oxygen atoms in total. The number of benzene rings is 2. The summed E-state index contributed by atoms with van der Waals surface area (Å²) in [4.78, 5) is 12.9. The molecular formula is C27H32O15. The molecule has 5 rings (SSSR count). The van der Waals surface area contributed by atoms with Crippen LogP contribution in [0.5, 0.6) is 28.7 Å². The van der Waals surface area contributed by atoms with Gasteiger partial charge in [0, 0.05) is 12.1 Å². The Kier molecular flexibility index (Phi) is 8.48. The van der Waals surface area contributed by atoms with Crippen LogP contribution in [0.3, 0.4) is 0 Å². The highest BCUT2D eigenvalue weighted by atomic mass is 16.8. The van der Waals surface area contributed by atoms with Crippen molar-refractivity contribution in [1.82, 2.24) is 0 Å². The molecule has 9 N–H and O–H groups in total. The molecule has 0 unspecified atom stereocenters. The van der Waals surface area contributed by atoms with E-state index in [1.54, 1.807) is 0 Å². The Labute approximate surface area is 238 Å². The van der Waals surface area contributed by atoms with Crippen molar-refractivity contribution in [1.29, 1.82) is 0 Å². The zero-order valence-electron chi connectivity index (χ0n) is 22.1. The number of Topliss-reactive ketones (excluding diaryl/α,β-unsaturated/α-hetero) is 1. The second-order valence-electron chi connectivity index (χ2n) is 10.4. The van der Waals surface area contributed by atoms with Gasteiger partial charge in [-0.05, 0) is 24.6 Å². The predicted octanol–water partition coefficient (Wildman–Crippen LogP) is -1.46. The van der Waals surface area contributed by atoms with E-state index in [4.69, 9.17) is 23.7 Å². The van der Waals surface area contributed by atoms with E-state index in [2.05, 4.69) is 0 Å². The number of aromatic hydroxyl groups is 3. The van der Waals surface area contributed by atoms with Gasteiger partial charge in [-0.1, -0.05) is 6.07 Å². The fourth-order valence-corrected chi connectivity index (χ4v) is 5.12. The number of aliphatic hydroxyl groups is 6. The molecule has 0 spiro atoms. The summed E-state index contributed by atoms with van der Waals surface area (Å²) in [5.74, 6) is -2.02. The Morgan fingerprint density at radius 2 is 1.57 bits per heavy atom. The van der Waals surface area contributed by atoms with Crippen LogP contribution in [0.1, 0.15) is 35.4 Å². The summed E-state index contributed by atoms with van der Waals surface area (Å²) < 4.78 is 28.4. The highest BCUT2D eigenvalue weighted by molar-refractivity contribution is 6.02. The van der Waals surface area contributed by atoms with Crippen LogP contribution in [0.2, 0.25) is 0 Å². The second kappa shape index (κ2) is 11.8. The van der Waals surface area contributed by atoms with Gasteiger partial charge in [0.25, 0.3) is 0 Å². The van der Waals surface area contributed by atoms with Crippen LogP contribution in [-0.4, -0.2) is 120 Å². The topological polar surface area (TPSA) is 245 Å². The minimum absolute atomic E-state index is 0.0941. The number of carbonyl (C=O) groups is 1. The lowest BCUT2D eigenvalue weighted by Gasteiger charge is -2.45. The van der Waals surface area contributed by atoms with Gasteiger partial charge < -0.3 is 69.6 Å². The first kappa shape index (κ1) is 30.2. The van der Waals surface area contributed by atoms with E-state index in [0.717, 1.165) is 6.07 Å². The van der Waals surface area contributed by atoms with Crippen molar-refractivity contribution in [3.8, 4) is 28.7 Å². The van der Waals surface area contributed by atoms with Crippen molar-refractivity contribution in [2.45, 2.75) is 80.9 Å². The van der Waals surface area contributed by atoms with Crippen molar-refractivity contribution in [2.24, 2.45) is 0 Å². The first-order valence-electron chi connectivity index (χ1n) is 13.1. The molecular weight excluding hydrogens is 564 g/mol. The number of phenols is 3. The third kappa shape index (κ3) is 5.58. The molecule has 0 saturated carbocycles. The summed E-state index contributed by atoms with van der Waals surface area (Å²) in [6.07, 6.45) is -16.5. The lowest BCUT2D eigenvalue weighted by molar-refractivity contribution is -0.354. The lowest BCUT2D eigenvalue weighted by atomic mass is 9.95. The predicted molar refractivity (Wildman–Crippen MR) is 136 cm³/mol. The van der Waals surface area contributed by atoms with Gasteiger partial charge in [-0.15, -0.1) is 0 Å². The standard InChI is InChI=1S/C27H32O15/c1-9-20(33)22(35)24(37)26(38-9)42-25-23(36)21(34)18(8-28)41-27(25)39-11-5-14(31)19-15(32)7-16(40-17(19)6-11)10-2-3-12(29)13(30)4-10/h2-6,9,16,18,20-31,33-37H,7-8H2,1H3/t9-,16+,18+,20+,21-,22+,23-,24-,25-,26+,27-/m1/s1. The Morgan fingerprint density at radius 1 is 0.833 bits per heavy atom. The molecule has 3 aliphatic heterocycles. The van der Waals surface area contributed by atoms with Crippen molar-refractivity contribution in [3.63, 3.8) is 0 Å². The summed E-state index contributed by atoms with van der Waals surface area (Å²) in [5, 5.41) is 91.6. The number of ether oxygens (including phenoxy) is 5. The van der Waals surface area contributed by atoms with E-state index in [1.165, 1.54) is 31.2 Å². The molecule has 0 amide bonds. The summed E-state index contributed by atoms with van der Waals surface area (Å²) in [6.45, 7) is 0.683. The molecule has 0 aromatic heterocycles. The first-order chi connectivity index (χ1) is 19.9. The van der Waals surface area contributed by atoms with E-state index < -0.39 is 91.4 Å². The van der Waals surface area contributed by atoms with E-state index in [-0.39, 0.29) is 29.2 Å². The van der Waals surface area contributed by atoms with Crippen LogP contribution in [0, 0.1) is 0 Å². The molecule has 0 radical (unpaired) electrons. The Hall–Kier alpha value is -3.25. The first-order valence-corrected chi connectivity index (χ1v) is 13.1. The number of ketones is 1. The van der Waals surface area contributed by atoms with Crippen molar-refractivity contribution in [3.05, 3.63) is 41.5 Å². The average Bonchev–Trinajstić information content (AvgIpc) is 2.95. The maximum Gasteiger partial charge on any atom is 0.229 e. The van der Waals surface area contributed by atoms with Gasteiger partial charge in [-0.2, -0.15) is 0 Å². The van der Waals surface area contributed by atoms with E-state index in [1.807, 2.05) is 0 Å². The molecule has 11 atom stereocenters. The number of hydrogen-bond acceptors (Lipinski definition) is 15. The van der Waals surface area contributed by atoms with Crippen LogP contribution in [-0.2, 0) is 14.2 Å². The molecule has 2 aromatic carbocycles. The van der Waals surface area contributed by atoms with Crippen molar-refractivity contribution in [2.75, 3.05) is 6.61 Å². The van der Waals surface area contributed by atoms with Crippen LogP contribution < -0.4 is 9.47 Å². The summed E-state index contributed by atoms with van der Waals surface area (Å²) in [5.41, 5.74) is 0.234. The highest BCUT2D eigenvalue weighted by Gasteiger charge is 2.51. The summed E-state index contributed by atoms with van der Waals surface area (Å²) >= 11 is 0. The van der Waals surface area contributed by atoms with Gasteiger partial charge >= 0.3 is 0 Å². The third-order valence-corrected chi connectivity index (χ3v) is 7.52. The number of phenolic OH excluding ortho intramolecular Hbond substituents is 3. The zero-order chi connectivity index (χ0) is 30.5. The molecule has 2 fully saturated rings. The van der Waals surface area contributed by atoms with Gasteiger partial charge in [-0.25, -0.2) is 0 Å². The van der Waals surface area contributed by atoms with E-state index >= 15 is 0 Å². The fraction of sp³-hybridized carbons (Fsp3) is 0.519. The molecule has 42 heavy (non-hydrogen) atoms. The molecule has 2 aromatic rings. The molecule has 230 valence electrons. The minimum Gasteiger partial charge on any atom is -0.507 e. The van der Waals surface area contributed by atoms with E-state index in [0.29, 0.717) is 5.56 Å². The lowest BCUT2D eigenvalue weighted by Crippen LogP contribution is -2.64. The van der Waals surface area contributed by atoms with Crippen LogP contribution in [0.4, 0.5) is 0 Å². The molecule has 2 saturated heterocycles. The number of aliphatic hydroxyl groups excluding tert-OH is 6. The largest absolute Gasteiger partial charge is 0.507 e. The van der Waals surface area contributed by atoms with Gasteiger partial charge in [0.05, 0.1) is 19.1 Å². The maximum atomic E-state index is 12.9. The van der Waals surface area contributed by atoms with Crippen LogP contribution in [0.15, 0.2) is 30.3 Å². The highest BCUT2D eigenvalue weighted by Crippen LogP contribution is 2.43. The smallest absolute Gasteiger partial charge is 0.229 e. The van der Waals surface area contributed by atoms with Gasteiger partial charge in [0.1, 0.15) is 65.5 Å². The maximum absolute atomic E-state index is 12.9. The Bertz CT molecular complexity index is 1300. The van der Waals surface area contributed by atoms with Crippen molar-refractivity contribution >= 4 is 5.78 Å². The Balaban J connectivity index is 1.42. The van der Waals surface area contributed by atoms with Gasteiger partial charge in [0.2, 0.25) is 6.29 Å². The number of fused-ring (bicyclic) bond motifs is 1. The van der Waals surface area contributed by atoms with Gasteiger partial charge in [-0.3, -0.25) is 4.79 Å². The molecule has 15 heteroatoms. The number of carbonyl (C=O) groups excluding carboxylic acids is 1. The fourth-order valence-electron chi connectivity index (χ4n) is 5.12. The van der Waals surface area contributed by atoms with E-state index in [9.17, 15) is 50.8 Å². The zero-order valence-corrected chi connectivity index (χ0v) is 22.1. The number of hydrogen-bond donors (Lipinski definition) is 9. The monoisotopic (exact) mass is 596 g/mol. The summed E-state index contributed by atoms with van der Waals surface area (Å²) in [7, 11) is 0. The molecule has 0 bridgehead atoms. The average molecular weight is 597 g/mol. The van der Waals surface area contributed by atoms with Crippen LogP contribution in [0.25, 0.3) is 0 Å². The normalized spacial score (nSPS) is 36.6. The third-order valence-electron chi connectivity index (χ3n) is 7.52. The quantitative estimate of drug-likeness (QED) is 0.173. The Morgan fingerprint density at radius 3 is 2.26 bits per heavy atom. The van der Waals surface area contributed by atoms with Crippen LogP contribution >= 0.6 is 0 Å². The SMILES string of the molecule is C[C@H]1O[C@@H](O[C@H]2[C@H](Oc3cc(O)c4c(c3)O[C@H](c3ccc(O)c(O)c3)CC4=O)O[C@@H](CO)[C@@H](O)[C@H]2O)[C@H](O)[C@@H](O)[C@H]1O. The molecule has 0 aliphatic carbocycles. The number of rotatable bonds is 6. The van der Waals surface area contributed by atoms with Crippen molar-refractivity contribution < 1.29 is 74.4 Å². The molecule has 3 heterocycles. The molecule has 3 aliphatic rings. The summed E-state index contributed by atoms with van der Waals surface area (Å²) in [6, 6.07) is 6.25. The van der Waals surface area contributed by atoms with Gasteiger partial charge in [0.15, 0.2) is 29.7 Å². The second-order valence-corrected chi connectivity index (χ2v) is 10.4.